The minimum absolute atomic E-state index is 0.0963. The van der Waals surface area contributed by atoms with Crippen LogP contribution in [-0.4, -0.2) is 54.9 Å². The van der Waals surface area contributed by atoms with Gasteiger partial charge in [-0.3, -0.25) is 14.5 Å². The summed E-state index contributed by atoms with van der Waals surface area (Å²) in [5.74, 6) is -0.929. The second-order valence-corrected chi connectivity index (χ2v) is 7.49. The highest BCUT2D eigenvalue weighted by Crippen LogP contribution is 2.32. The molecule has 1 aromatic rings. The van der Waals surface area contributed by atoms with Gasteiger partial charge in [0.25, 0.3) is 5.91 Å². The molecule has 1 fully saturated rings. The lowest BCUT2D eigenvalue weighted by Crippen LogP contribution is -3.06. The van der Waals surface area contributed by atoms with Crippen molar-refractivity contribution in [2.24, 2.45) is 0 Å². The first-order valence-corrected chi connectivity index (χ1v) is 9.05. The van der Waals surface area contributed by atoms with Gasteiger partial charge < -0.3 is 9.64 Å². The van der Waals surface area contributed by atoms with Crippen molar-refractivity contribution in [1.29, 1.82) is 0 Å². The maximum atomic E-state index is 12.9. The van der Waals surface area contributed by atoms with Crippen LogP contribution in [0.1, 0.15) is 12.0 Å². The second kappa shape index (κ2) is 9.07. The molecule has 0 aromatic heterocycles. The van der Waals surface area contributed by atoms with E-state index in [1.807, 2.05) is 14.1 Å². The average Bonchev–Trinajstić information content (AvgIpc) is 2.81. The zero-order valence-electron chi connectivity index (χ0n) is 14.1. The van der Waals surface area contributed by atoms with Crippen LogP contribution in [0.2, 0.25) is 0 Å². The lowest BCUT2D eigenvalue weighted by Gasteiger charge is -2.14. The van der Waals surface area contributed by atoms with Gasteiger partial charge in [-0.2, -0.15) is 0 Å². The van der Waals surface area contributed by atoms with Crippen molar-refractivity contribution in [1.82, 2.24) is 4.90 Å². The number of hydrogen-bond acceptors (Lipinski definition) is 5. The highest BCUT2D eigenvalue weighted by molar-refractivity contribution is 8.26. The summed E-state index contributed by atoms with van der Waals surface area (Å²) < 4.78 is 18.5. The molecule has 0 unspecified atom stereocenters. The fraction of sp³-hybridized carbons (Fsp3) is 0.353. The Bertz CT molecular complexity index is 690. The molecule has 1 aromatic carbocycles. The Balaban J connectivity index is 1.90. The van der Waals surface area contributed by atoms with E-state index in [1.165, 1.54) is 33.7 Å². The number of thioether (sulfide) groups is 1. The van der Waals surface area contributed by atoms with Crippen LogP contribution in [-0.2, 0) is 14.3 Å². The Morgan fingerprint density at radius 1 is 1.36 bits per heavy atom. The van der Waals surface area contributed by atoms with E-state index >= 15 is 0 Å². The summed E-state index contributed by atoms with van der Waals surface area (Å²) in [5, 5.41) is 0. The second-order valence-electron chi connectivity index (χ2n) is 5.81. The van der Waals surface area contributed by atoms with E-state index in [1.54, 1.807) is 18.2 Å². The first-order chi connectivity index (χ1) is 11.9. The van der Waals surface area contributed by atoms with E-state index in [-0.39, 0.29) is 30.7 Å². The highest BCUT2D eigenvalue weighted by Gasteiger charge is 2.32. The van der Waals surface area contributed by atoms with Crippen LogP contribution in [0, 0.1) is 5.82 Å². The molecule has 2 rings (SSSR count). The van der Waals surface area contributed by atoms with Gasteiger partial charge in [0.15, 0.2) is 0 Å². The fourth-order valence-corrected chi connectivity index (χ4v) is 3.36. The maximum Gasteiger partial charge on any atom is 0.307 e. The van der Waals surface area contributed by atoms with Crippen molar-refractivity contribution in [3.8, 4) is 0 Å². The van der Waals surface area contributed by atoms with Crippen molar-refractivity contribution in [2.75, 3.05) is 33.8 Å². The Labute approximate surface area is 155 Å². The normalized spacial score (nSPS) is 16.2. The van der Waals surface area contributed by atoms with Crippen molar-refractivity contribution < 1.29 is 23.6 Å². The number of carbonyl (C=O) groups excluding carboxylic acids is 2. The standard InChI is InChI=1S/C17H19FN2O3S2/c1-19(2)9-10-23-15(21)7-8-20-16(22)14(25-17(20)24)11-12-3-5-13(18)6-4-12/h3-6,11H,7-10H2,1-2H3/p+1/b14-11+. The first kappa shape index (κ1) is 19.6. The fourth-order valence-electron chi connectivity index (χ4n) is 2.05. The van der Waals surface area contributed by atoms with E-state index in [0.29, 0.717) is 21.4 Å². The molecule has 1 aliphatic rings. The molecule has 0 bridgehead atoms. The van der Waals surface area contributed by atoms with Crippen LogP contribution < -0.4 is 4.90 Å². The van der Waals surface area contributed by atoms with Crippen molar-refractivity contribution in [2.45, 2.75) is 6.42 Å². The van der Waals surface area contributed by atoms with Gasteiger partial charge in [0.1, 0.15) is 23.3 Å². The number of thiocarbonyl (C=S) groups is 1. The van der Waals surface area contributed by atoms with Gasteiger partial charge in [-0.15, -0.1) is 0 Å². The van der Waals surface area contributed by atoms with Crippen molar-refractivity contribution in [3.05, 3.63) is 40.6 Å². The van der Waals surface area contributed by atoms with Gasteiger partial charge >= 0.3 is 5.97 Å². The van der Waals surface area contributed by atoms with Gasteiger partial charge in [0.05, 0.1) is 25.4 Å². The van der Waals surface area contributed by atoms with E-state index in [4.69, 9.17) is 17.0 Å². The number of quaternary nitrogens is 1. The number of nitrogens with zero attached hydrogens (tertiary/aromatic N) is 1. The summed E-state index contributed by atoms with van der Waals surface area (Å²) in [6.07, 6.45) is 1.76. The Morgan fingerprint density at radius 3 is 2.68 bits per heavy atom. The summed E-state index contributed by atoms with van der Waals surface area (Å²) >= 11 is 6.39. The zero-order valence-corrected chi connectivity index (χ0v) is 15.7. The molecular weight excluding hydrogens is 363 g/mol. The molecule has 1 heterocycles. The number of ether oxygens (including phenoxy) is 1. The van der Waals surface area contributed by atoms with Crippen LogP contribution in [0.15, 0.2) is 29.2 Å². The molecule has 1 amide bonds. The molecule has 8 heteroatoms. The summed E-state index contributed by atoms with van der Waals surface area (Å²) in [6.45, 7) is 1.27. The molecule has 5 nitrogen and oxygen atoms in total. The van der Waals surface area contributed by atoms with E-state index < -0.39 is 0 Å². The van der Waals surface area contributed by atoms with Gasteiger partial charge in [0, 0.05) is 6.54 Å². The third kappa shape index (κ3) is 5.91. The van der Waals surface area contributed by atoms with Crippen LogP contribution in [0.3, 0.4) is 0 Å². The third-order valence-electron chi connectivity index (χ3n) is 3.45. The van der Waals surface area contributed by atoms with Crippen LogP contribution >= 0.6 is 24.0 Å². The zero-order chi connectivity index (χ0) is 18.4. The molecule has 0 radical (unpaired) electrons. The Hall–Kier alpha value is -1.77. The van der Waals surface area contributed by atoms with E-state index in [2.05, 4.69) is 0 Å². The summed E-state index contributed by atoms with van der Waals surface area (Å²) in [4.78, 5) is 27.2. The predicted molar refractivity (Wildman–Crippen MR) is 99.5 cm³/mol. The minimum atomic E-state index is -0.349. The van der Waals surface area contributed by atoms with E-state index in [0.717, 1.165) is 6.54 Å². The average molecular weight is 383 g/mol. The predicted octanol–water partition coefficient (Wildman–Crippen LogP) is 1.10. The van der Waals surface area contributed by atoms with Gasteiger partial charge in [0.2, 0.25) is 0 Å². The summed E-state index contributed by atoms with van der Waals surface area (Å²) in [5.41, 5.74) is 0.715. The molecule has 0 saturated carbocycles. The summed E-state index contributed by atoms with van der Waals surface area (Å²) in [7, 11) is 3.95. The van der Waals surface area contributed by atoms with Crippen molar-refractivity contribution >= 4 is 46.3 Å². The summed E-state index contributed by atoms with van der Waals surface area (Å²) in [6, 6.07) is 5.84. The minimum Gasteiger partial charge on any atom is -0.460 e. The molecule has 0 atom stereocenters. The monoisotopic (exact) mass is 383 g/mol. The Morgan fingerprint density at radius 2 is 2.04 bits per heavy atom. The molecule has 1 N–H and O–H groups in total. The SMILES string of the molecule is C[NH+](C)CCOC(=O)CCN1C(=O)/C(=C\c2ccc(F)cc2)SC1=S. The molecule has 25 heavy (non-hydrogen) atoms. The van der Waals surface area contributed by atoms with Gasteiger partial charge in [-0.05, 0) is 23.8 Å². The lowest BCUT2D eigenvalue weighted by atomic mass is 10.2. The van der Waals surface area contributed by atoms with Gasteiger partial charge in [-0.25, -0.2) is 4.39 Å². The number of likely N-dealkylation sites (N-methyl/N-ethyl adjacent to an activating group) is 1. The number of halogens is 1. The number of esters is 1. The van der Waals surface area contributed by atoms with Crippen LogP contribution in [0.5, 0.6) is 0 Å². The lowest BCUT2D eigenvalue weighted by molar-refractivity contribution is -0.858. The quantitative estimate of drug-likeness (QED) is 0.434. The molecule has 1 saturated heterocycles. The molecule has 1 aliphatic heterocycles. The number of carbonyl (C=O) groups is 2. The smallest absolute Gasteiger partial charge is 0.307 e. The van der Waals surface area contributed by atoms with Crippen molar-refractivity contribution in [3.63, 3.8) is 0 Å². The molecular formula is C17H20FN2O3S2+. The van der Waals surface area contributed by atoms with Gasteiger partial charge in [-0.1, -0.05) is 36.1 Å². The first-order valence-electron chi connectivity index (χ1n) is 7.82. The largest absolute Gasteiger partial charge is 0.460 e. The number of hydrogen-bond donors (Lipinski definition) is 1. The number of benzene rings is 1. The van der Waals surface area contributed by atoms with Crippen LogP contribution in [0.4, 0.5) is 4.39 Å². The third-order valence-corrected chi connectivity index (χ3v) is 4.82. The van der Waals surface area contributed by atoms with E-state index in [9.17, 15) is 14.0 Å². The topological polar surface area (TPSA) is 51.1 Å². The number of rotatable bonds is 7. The molecule has 0 aliphatic carbocycles. The highest BCUT2D eigenvalue weighted by atomic mass is 32.2. The van der Waals surface area contributed by atoms with Crippen LogP contribution in [0.25, 0.3) is 6.08 Å². The molecule has 134 valence electrons. The number of amides is 1. The maximum absolute atomic E-state index is 12.9. The number of nitrogens with one attached hydrogen (secondary N) is 1. The molecule has 0 spiro atoms. The Kier molecular flexibility index (Phi) is 7.10.